The van der Waals surface area contributed by atoms with Crippen LogP contribution >= 0.6 is 0 Å². The molecule has 1 aromatic rings. The molecule has 0 radical (unpaired) electrons. The van der Waals surface area contributed by atoms with E-state index in [1.54, 1.807) is 19.1 Å². The van der Waals surface area contributed by atoms with Gasteiger partial charge in [0, 0.05) is 22.9 Å². The van der Waals surface area contributed by atoms with Gasteiger partial charge < -0.3 is 24.3 Å². The number of allylic oxidation sites excluding steroid dienone is 3. The Morgan fingerprint density at radius 2 is 1.97 bits per heavy atom. The lowest BCUT2D eigenvalue weighted by molar-refractivity contribution is -0.151. The van der Waals surface area contributed by atoms with Gasteiger partial charge in [-0.3, -0.25) is 9.59 Å². The standard InChI is InChI=1S/C24H27NO7/c1-5-8-30-24(28)19-13(3)25-15-9-12(2)18(23(27)29-4)22(26)21(15)20(19)14-6-7-16-17(10-14)32-11-31-16/h6-7,10,12,18,20,25H,5,8-9,11H2,1-4H3. The molecule has 3 aliphatic rings. The number of carbonyl (C=O) groups is 3. The molecule has 0 spiro atoms. The maximum absolute atomic E-state index is 13.6. The third kappa shape index (κ3) is 3.63. The number of benzene rings is 1. The van der Waals surface area contributed by atoms with Crippen LogP contribution < -0.4 is 14.8 Å². The minimum absolute atomic E-state index is 0.111. The van der Waals surface area contributed by atoms with Gasteiger partial charge in [0.05, 0.1) is 19.3 Å². The summed E-state index contributed by atoms with van der Waals surface area (Å²) < 4.78 is 21.3. The lowest BCUT2D eigenvalue weighted by Crippen LogP contribution is -2.43. The molecule has 2 aliphatic heterocycles. The van der Waals surface area contributed by atoms with Gasteiger partial charge in [0.1, 0.15) is 5.92 Å². The zero-order valence-electron chi connectivity index (χ0n) is 18.7. The molecule has 1 aromatic carbocycles. The van der Waals surface area contributed by atoms with E-state index in [4.69, 9.17) is 18.9 Å². The Kier molecular flexibility index (Phi) is 5.95. The molecule has 2 heterocycles. The number of esters is 2. The van der Waals surface area contributed by atoms with E-state index >= 15 is 0 Å². The Hall–Kier alpha value is -3.29. The zero-order chi connectivity index (χ0) is 23.0. The number of ether oxygens (including phenoxy) is 4. The highest BCUT2D eigenvalue weighted by Gasteiger charge is 2.47. The summed E-state index contributed by atoms with van der Waals surface area (Å²) in [5.74, 6) is -2.12. The van der Waals surface area contributed by atoms with Crippen molar-refractivity contribution in [2.75, 3.05) is 20.5 Å². The van der Waals surface area contributed by atoms with Gasteiger partial charge in [0.15, 0.2) is 17.3 Å². The van der Waals surface area contributed by atoms with E-state index in [2.05, 4.69) is 5.32 Å². The Bertz CT molecular complexity index is 1040. The van der Waals surface area contributed by atoms with Gasteiger partial charge in [-0.25, -0.2) is 4.79 Å². The fraction of sp³-hybridized carbons (Fsp3) is 0.458. The third-order valence-electron chi connectivity index (χ3n) is 6.13. The van der Waals surface area contributed by atoms with Crippen molar-refractivity contribution < 1.29 is 33.3 Å². The van der Waals surface area contributed by atoms with Crippen molar-refractivity contribution in [1.29, 1.82) is 0 Å². The molecule has 170 valence electrons. The number of dihydropyridines is 1. The van der Waals surface area contributed by atoms with Crippen molar-refractivity contribution in [2.24, 2.45) is 11.8 Å². The Morgan fingerprint density at radius 3 is 2.69 bits per heavy atom. The van der Waals surface area contributed by atoms with Crippen LogP contribution in [0.15, 0.2) is 40.7 Å². The number of nitrogens with one attached hydrogen (secondary N) is 1. The van der Waals surface area contributed by atoms with Crippen LogP contribution in [0.1, 0.15) is 45.1 Å². The molecular weight excluding hydrogens is 414 g/mol. The minimum atomic E-state index is -0.927. The largest absolute Gasteiger partial charge is 0.468 e. The molecule has 3 unspecified atom stereocenters. The Morgan fingerprint density at radius 1 is 1.22 bits per heavy atom. The maximum Gasteiger partial charge on any atom is 0.336 e. The van der Waals surface area contributed by atoms with Gasteiger partial charge in [-0.15, -0.1) is 0 Å². The lowest BCUT2D eigenvalue weighted by atomic mass is 9.69. The predicted octanol–water partition coefficient (Wildman–Crippen LogP) is 2.98. The van der Waals surface area contributed by atoms with Gasteiger partial charge in [-0.1, -0.05) is 19.9 Å². The number of hydrogen-bond donors (Lipinski definition) is 1. The van der Waals surface area contributed by atoms with Crippen LogP contribution in [0.4, 0.5) is 0 Å². The van der Waals surface area contributed by atoms with E-state index in [0.717, 1.165) is 5.70 Å². The molecule has 4 rings (SSSR count). The number of fused-ring (bicyclic) bond motifs is 1. The molecule has 1 N–H and O–H groups in total. The molecule has 32 heavy (non-hydrogen) atoms. The predicted molar refractivity (Wildman–Crippen MR) is 114 cm³/mol. The van der Waals surface area contributed by atoms with Gasteiger partial charge in [0.2, 0.25) is 6.79 Å². The van der Waals surface area contributed by atoms with E-state index in [9.17, 15) is 14.4 Å². The first-order valence-electron chi connectivity index (χ1n) is 10.8. The van der Waals surface area contributed by atoms with Crippen LogP contribution in [0.25, 0.3) is 0 Å². The average molecular weight is 441 g/mol. The van der Waals surface area contributed by atoms with E-state index in [0.29, 0.717) is 46.7 Å². The topological polar surface area (TPSA) is 100 Å². The molecule has 0 saturated carbocycles. The molecule has 0 amide bonds. The van der Waals surface area contributed by atoms with Crippen LogP contribution in [-0.4, -0.2) is 38.2 Å². The smallest absolute Gasteiger partial charge is 0.336 e. The van der Waals surface area contributed by atoms with Crippen molar-refractivity contribution >= 4 is 17.7 Å². The number of rotatable bonds is 5. The highest BCUT2D eigenvalue weighted by atomic mass is 16.7. The third-order valence-corrected chi connectivity index (χ3v) is 6.13. The second-order valence-corrected chi connectivity index (χ2v) is 8.28. The highest BCUT2D eigenvalue weighted by Crippen LogP contribution is 2.47. The van der Waals surface area contributed by atoms with Crippen LogP contribution in [0.3, 0.4) is 0 Å². The molecule has 1 aliphatic carbocycles. The van der Waals surface area contributed by atoms with Crippen molar-refractivity contribution in [3.8, 4) is 11.5 Å². The maximum atomic E-state index is 13.6. The van der Waals surface area contributed by atoms with Gasteiger partial charge in [-0.05, 0) is 43.4 Å². The first-order valence-corrected chi connectivity index (χ1v) is 10.8. The number of carbonyl (C=O) groups excluding carboxylic acids is 3. The molecule has 0 bridgehead atoms. The molecule has 3 atom stereocenters. The van der Waals surface area contributed by atoms with E-state index in [1.807, 2.05) is 19.9 Å². The fourth-order valence-electron chi connectivity index (χ4n) is 4.65. The van der Waals surface area contributed by atoms with E-state index in [-0.39, 0.29) is 25.1 Å². The molecule has 8 nitrogen and oxygen atoms in total. The zero-order valence-corrected chi connectivity index (χ0v) is 18.7. The summed E-state index contributed by atoms with van der Waals surface area (Å²) in [6.45, 7) is 5.94. The summed E-state index contributed by atoms with van der Waals surface area (Å²) in [6, 6.07) is 5.35. The molecule has 0 saturated heterocycles. The van der Waals surface area contributed by atoms with Crippen LogP contribution in [-0.2, 0) is 23.9 Å². The SMILES string of the molecule is CCCOC(=O)C1=C(C)NC2=C(C(=O)C(C(=O)OC)C(C)C2)C1c1ccc2c(c1)OCO2. The number of methoxy groups -OCH3 is 1. The van der Waals surface area contributed by atoms with Gasteiger partial charge >= 0.3 is 11.9 Å². The van der Waals surface area contributed by atoms with Gasteiger partial charge in [-0.2, -0.15) is 0 Å². The van der Waals surface area contributed by atoms with Crippen molar-refractivity contribution in [3.05, 3.63) is 46.3 Å². The van der Waals surface area contributed by atoms with Gasteiger partial charge in [0.25, 0.3) is 0 Å². The first-order chi connectivity index (χ1) is 15.4. The second kappa shape index (κ2) is 8.68. The summed E-state index contributed by atoms with van der Waals surface area (Å²) in [4.78, 5) is 39.2. The van der Waals surface area contributed by atoms with Crippen LogP contribution in [0, 0.1) is 11.8 Å². The monoisotopic (exact) mass is 441 g/mol. The van der Waals surface area contributed by atoms with E-state index in [1.165, 1.54) is 7.11 Å². The van der Waals surface area contributed by atoms with Crippen LogP contribution in [0.2, 0.25) is 0 Å². The van der Waals surface area contributed by atoms with Crippen molar-refractivity contribution in [3.63, 3.8) is 0 Å². The molecule has 8 heteroatoms. The summed E-state index contributed by atoms with van der Waals surface area (Å²) >= 11 is 0. The normalized spacial score (nSPS) is 24.1. The quantitative estimate of drug-likeness (QED) is 0.550. The highest BCUT2D eigenvalue weighted by molar-refractivity contribution is 6.12. The summed E-state index contributed by atoms with van der Waals surface area (Å²) in [5, 5.41) is 3.25. The van der Waals surface area contributed by atoms with Crippen molar-refractivity contribution in [1.82, 2.24) is 5.32 Å². The summed E-state index contributed by atoms with van der Waals surface area (Å²) in [5.41, 5.74) is 2.78. The van der Waals surface area contributed by atoms with E-state index < -0.39 is 23.8 Å². The molecule has 0 fully saturated rings. The Balaban J connectivity index is 1.85. The molecule has 0 aromatic heterocycles. The summed E-state index contributed by atoms with van der Waals surface area (Å²) in [7, 11) is 1.28. The first kappa shape index (κ1) is 21.9. The second-order valence-electron chi connectivity index (χ2n) is 8.28. The average Bonchev–Trinajstić information content (AvgIpc) is 3.24. The fourth-order valence-corrected chi connectivity index (χ4v) is 4.65. The van der Waals surface area contributed by atoms with Crippen molar-refractivity contribution in [2.45, 2.75) is 39.5 Å². The van der Waals surface area contributed by atoms with Crippen LogP contribution in [0.5, 0.6) is 11.5 Å². The Labute approximate surface area is 186 Å². The number of hydrogen-bond acceptors (Lipinski definition) is 8. The number of ketones is 1. The summed E-state index contributed by atoms with van der Waals surface area (Å²) in [6.07, 6.45) is 1.16. The minimum Gasteiger partial charge on any atom is -0.468 e. The number of Topliss-reactive ketones (excluding diaryl/α,β-unsaturated/α-hetero) is 1. The lowest BCUT2D eigenvalue weighted by Gasteiger charge is -2.38. The molecular formula is C24H27NO7.